The van der Waals surface area contributed by atoms with Crippen molar-refractivity contribution >= 4 is 5.78 Å². The van der Waals surface area contributed by atoms with E-state index in [0.29, 0.717) is 11.7 Å². The van der Waals surface area contributed by atoms with Crippen LogP contribution in [0.5, 0.6) is 0 Å². The summed E-state index contributed by atoms with van der Waals surface area (Å²) < 4.78 is 0. The number of carbonyl (C=O) groups is 1. The summed E-state index contributed by atoms with van der Waals surface area (Å²) in [5.74, 6) is 0.960. The molecule has 0 heterocycles. The van der Waals surface area contributed by atoms with Crippen molar-refractivity contribution in [3.63, 3.8) is 0 Å². The largest absolute Gasteiger partial charge is 0.298 e. The van der Waals surface area contributed by atoms with Gasteiger partial charge in [0.15, 0.2) is 0 Å². The third-order valence-corrected chi connectivity index (χ3v) is 3.26. The highest BCUT2D eigenvalue weighted by Gasteiger charge is 2.27. The molecule has 0 aliphatic carbocycles. The molecule has 0 saturated heterocycles. The quantitative estimate of drug-likeness (QED) is 0.758. The van der Waals surface area contributed by atoms with Crippen LogP contribution in [0, 0.1) is 11.3 Å². The molecule has 0 amide bonds. The smallest absolute Gasteiger partial charge is 0.145 e. The molecule has 0 fully saturated rings. The van der Waals surface area contributed by atoms with E-state index in [1.54, 1.807) is 0 Å². The molecular formula is C17H26O. The van der Waals surface area contributed by atoms with E-state index in [1.165, 1.54) is 5.56 Å². The number of benzene rings is 1. The van der Waals surface area contributed by atoms with Crippen LogP contribution in [0.3, 0.4) is 0 Å². The summed E-state index contributed by atoms with van der Waals surface area (Å²) in [5.41, 5.74) is 2.21. The molecule has 0 saturated carbocycles. The van der Waals surface area contributed by atoms with Crippen molar-refractivity contribution < 1.29 is 4.79 Å². The van der Waals surface area contributed by atoms with Crippen molar-refractivity contribution in [3.05, 3.63) is 35.4 Å². The predicted molar refractivity (Wildman–Crippen MR) is 77.9 cm³/mol. The summed E-state index contributed by atoms with van der Waals surface area (Å²) in [7, 11) is 0. The number of hydrogen-bond donors (Lipinski definition) is 0. The van der Waals surface area contributed by atoms with Gasteiger partial charge in [-0.25, -0.2) is 0 Å². The standard InChI is InChI=1S/C17H26O/c1-12(2)11-14-7-9-15(10-8-14)13(3)16(18)17(4,5)6/h7-10,12-13H,11H2,1-6H3/t13-/m0/s1. The first-order valence-electron chi connectivity index (χ1n) is 6.85. The van der Waals surface area contributed by atoms with Gasteiger partial charge in [-0.2, -0.15) is 0 Å². The van der Waals surface area contributed by atoms with Crippen LogP contribution < -0.4 is 0 Å². The lowest BCUT2D eigenvalue weighted by atomic mass is 9.80. The summed E-state index contributed by atoms with van der Waals surface area (Å²) in [6.45, 7) is 12.4. The first kappa shape index (κ1) is 14.9. The molecule has 0 N–H and O–H groups in total. The molecule has 0 aliphatic rings. The Labute approximate surface area is 112 Å². The van der Waals surface area contributed by atoms with E-state index in [1.807, 2.05) is 27.7 Å². The topological polar surface area (TPSA) is 17.1 Å². The maximum Gasteiger partial charge on any atom is 0.145 e. The van der Waals surface area contributed by atoms with Crippen LogP contribution >= 0.6 is 0 Å². The summed E-state index contributed by atoms with van der Waals surface area (Å²) in [6, 6.07) is 8.52. The van der Waals surface area contributed by atoms with E-state index >= 15 is 0 Å². The zero-order chi connectivity index (χ0) is 13.9. The van der Waals surface area contributed by atoms with Gasteiger partial charge in [-0.3, -0.25) is 4.79 Å². The Hall–Kier alpha value is -1.11. The average molecular weight is 246 g/mol. The SMILES string of the molecule is CC(C)Cc1ccc([C@H](C)C(=O)C(C)(C)C)cc1. The van der Waals surface area contributed by atoms with Crippen LogP contribution in [0.4, 0.5) is 0 Å². The fourth-order valence-corrected chi connectivity index (χ4v) is 2.21. The minimum absolute atomic E-state index is 0.0156. The highest BCUT2D eigenvalue weighted by Crippen LogP contribution is 2.27. The number of ketones is 1. The van der Waals surface area contributed by atoms with E-state index in [4.69, 9.17) is 0 Å². The maximum absolute atomic E-state index is 12.2. The molecule has 1 aromatic carbocycles. The fourth-order valence-electron chi connectivity index (χ4n) is 2.21. The zero-order valence-corrected chi connectivity index (χ0v) is 12.6. The van der Waals surface area contributed by atoms with E-state index < -0.39 is 0 Å². The summed E-state index contributed by atoms with van der Waals surface area (Å²) >= 11 is 0. The van der Waals surface area contributed by atoms with E-state index in [9.17, 15) is 4.79 Å². The zero-order valence-electron chi connectivity index (χ0n) is 12.6. The monoisotopic (exact) mass is 246 g/mol. The van der Waals surface area contributed by atoms with Crippen LogP contribution in [0.2, 0.25) is 0 Å². The fraction of sp³-hybridized carbons (Fsp3) is 0.588. The average Bonchev–Trinajstić information content (AvgIpc) is 2.26. The van der Waals surface area contributed by atoms with Gasteiger partial charge in [0, 0.05) is 11.3 Å². The number of hydrogen-bond acceptors (Lipinski definition) is 1. The van der Waals surface area contributed by atoms with Crippen molar-refractivity contribution in [2.45, 2.75) is 53.9 Å². The Morgan fingerprint density at radius 1 is 1.06 bits per heavy atom. The second-order valence-corrected chi connectivity index (χ2v) is 6.68. The summed E-state index contributed by atoms with van der Waals surface area (Å²) in [5, 5.41) is 0. The molecule has 1 atom stereocenters. The molecule has 1 heteroatoms. The van der Waals surface area contributed by atoms with Gasteiger partial charge in [0.25, 0.3) is 0 Å². The third kappa shape index (κ3) is 3.97. The van der Waals surface area contributed by atoms with Gasteiger partial charge in [-0.15, -0.1) is 0 Å². The van der Waals surface area contributed by atoms with Crippen LogP contribution in [-0.4, -0.2) is 5.78 Å². The molecule has 1 aromatic rings. The van der Waals surface area contributed by atoms with Gasteiger partial charge in [0.05, 0.1) is 0 Å². The van der Waals surface area contributed by atoms with Gasteiger partial charge < -0.3 is 0 Å². The molecule has 0 radical (unpaired) electrons. The molecule has 0 unspecified atom stereocenters. The Morgan fingerprint density at radius 3 is 1.94 bits per heavy atom. The van der Waals surface area contributed by atoms with Gasteiger partial charge in [-0.05, 0) is 23.5 Å². The number of carbonyl (C=O) groups excluding carboxylic acids is 1. The lowest BCUT2D eigenvalue weighted by Crippen LogP contribution is -2.25. The molecule has 0 aliphatic heterocycles. The van der Waals surface area contributed by atoms with Crippen LogP contribution in [0.15, 0.2) is 24.3 Å². The highest BCUT2D eigenvalue weighted by molar-refractivity contribution is 5.89. The number of rotatable bonds is 4. The molecule has 1 nitrogen and oxygen atoms in total. The van der Waals surface area contributed by atoms with Gasteiger partial charge >= 0.3 is 0 Å². The first-order chi connectivity index (χ1) is 8.21. The molecular weight excluding hydrogens is 220 g/mol. The molecule has 0 spiro atoms. The van der Waals surface area contributed by atoms with E-state index in [-0.39, 0.29) is 11.3 Å². The minimum Gasteiger partial charge on any atom is -0.298 e. The van der Waals surface area contributed by atoms with E-state index in [2.05, 4.69) is 38.1 Å². The van der Waals surface area contributed by atoms with Crippen molar-refractivity contribution in [1.82, 2.24) is 0 Å². The first-order valence-corrected chi connectivity index (χ1v) is 6.85. The lowest BCUT2D eigenvalue weighted by molar-refractivity contribution is -0.127. The van der Waals surface area contributed by atoms with Crippen LogP contribution in [0.1, 0.15) is 58.6 Å². The van der Waals surface area contributed by atoms with Gasteiger partial charge in [0.2, 0.25) is 0 Å². The van der Waals surface area contributed by atoms with Crippen LogP contribution in [0.25, 0.3) is 0 Å². The lowest BCUT2D eigenvalue weighted by Gasteiger charge is -2.22. The number of Topliss-reactive ketones (excluding diaryl/α,β-unsaturated/α-hetero) is 1. The maximum atomic E-state index is 12.2. The van der Waals surface area contributed by atoms with E-state index in [0.717, 1.165) is 12.0 Å². The Balaban J connectivity index is 2.82. The Kier molecular flexibility index (Phi) is 4.72. The summed E-state index contributed by atoms with van der Waals surface area (Å²) in [6.07, 6.45) is 1.10. The van der Waals surface area contributed by atoms with Gasteiger partial charge in [-0.1, -0.05) is 65.8 Å². The van der Waals surface area contributed by atoms with Crippen molar-refractivity contribution in [2.24, 2.45) is 11.3 Å². The highest BCUT2D eigenvalue weighted by atomic mass is 16.1. The minimum atomic E-state index is -0.268. The molecule has 100 valence electrons. The normalized spacial score (nSPS) is 13.7. The molecule has 0 bridgehead atoms. The summed E-state index contributed by atoms with van der Waals surface area (Å²) in [4.78, 5) is 12.2. The van der Waals surface area contributed by atoms with Crippen molar-refractivity contribution in [1.29, 1.82) is 0 Å². The Morgan fingerprint density at radius 2 is 1.56 bits per heavy atom. The van der Waals surface area contributed by atoms with Crippen molar-refractivity contribution in [2.75, 3.05) is 0 Å². The van der Waals surface area contributed by atoms with Crippen LogP contribution in [-0.2, 0) is 11.2 Å². The third-order valence-electron chi connectivity index (χ3n) is 3.26. The molecule has 1 rings (SSSR count). The van der Waals surface area contributed by atoms with Crippen molar-refractivity contribution in [3.8, 4) is 0 Å². The molecule has 18 heavy (non-hydrogen) atoms. The van der Waals surface area contributed by atoms with Gasteiger partial charge in [0.1, 0.15) is 5.78 Å². The second-order valence-electron chi connectivity index (χ2n) is 6.68. The Bertz CT molecular complexity index is 393. The second kappa shape index (κ2) is 5.69. The predicted octanol–water partition coefficient (Wildman–Crippen LogP) is 4.60. The molecule has 0 aromatic heterocycles.